The number of carbonyl (C=O) groups excluding carboxylic acids is 1. The van der Waals surface area contributed by atoms with Gasteiger partial charge < -0.3 is 4.74 Å². The number of nitro benzene ring substituents is 1. The van der Waals surface area contributed by atoms with E-state index < -0.39 is 4.92 Å². The number of thioether (sulfide) groups is 1. The Morgan fingerprint density at radius 1 is 1.59 bits per heavy atom. The molecule has 0 unspecified atom stereocenters. The summed E-state index contributed by atoms with van der Waals surface area (Å²) in [5.41, 5.74) is 0.814. The molecule has 0 saturated heterocycles. The van der Waals surface area contributed by atoms with Crippen LogP contribution in [0.3, 0.4) is 0 Å². The summed E-state index contributed by atoms with van der Waals surface area (Å²) in [6.07, 6.45) is 0. The molecule has 1 rings (SSSR count). The third kappa shape index (κ3) is 4.01. The van der Waals surface area contributed by atoms with Gasteiger partial charge in [0, 0.05) is 11.8 Å². The molecule has 0 N–H and O–H groups in total. The van der Waals surface area contributed by atoms with E-state index in [0.717, 1.165) is 5.56 Å². The Balaban J connectivity index is 2.69. The summed E-state index contributed by atoms with van der Waals surface area (Å²) in [6, 6.07) is 4.83. The molecule has 0 aliphatic heterocycles. The summed E-state index contributed by atoms with van der Waals surface area (Å²) >= 11 is 4.54. The molecular weight excluding hydrogens is 310 g/mol. The Labute approximate surface area is 111 Å². The first kappa shape index (κ1) is 14.0. The molecule has 5 nitrogen and oxygen atoms in total. The van der Waals surface area contributed by atoms with Gasteiger partial charge in [-0.1, -0.05) is 12.1 Å². The van der Waals surface area contributed by atoms with E-state index in [4.69, 9.17) is 0 Å². The Bertz CT molecular complexity index is 438. The quantitative estimate of drug-likeness (QED) is 0.474. The van der Waals surface area contributed by atoms with Crippen LogP contribution in [0.15, 0.2) is 22.7 Å². The van der Waals surface area contributed by atoms with Gasteiger partial charge in [0.25, 0.3) is 5.69 Å². The number of carbonyl (C=O) groups is 1. The molecule has 0 aliphatic rings. The van der Waals surface area contributed by atoms with Crippen molar-refractivity contribution in [3.05, 3.63) is 38.3 Å². The highest BCUT2D eigenvalue weighted by Gasteiger charge is 2.14. The number of benzene rings is 1. The Morgan fingerprint density at radius 2 is 2.29 bits per heavy atom. The molecule has 17 heavy (non-hydrogen) atoms. The monoisotopic (exact) mass is 319 g/mol. The fourth-order valence-electron chi connectivity index (χ4n) is 1.12. The fraction of sp³-hybridized carbons (Fsp3) is 0.300. The zero-order valence-electron chi connectivity index (χ0n) is 9.01. The molecule has 0 saturated carbocycles. The predicted octanol–water partition coefficient (Wildman–Crippen LogP) is 2.76. The van der Waals surface area contributed by atoms with Gasteiger partial charge in [0.05, 0.1) is 22.3 Å². The van der Waals surface area contributed by atoms with Crippen LogP contribution in [0.2, 0.25) is 0 Å². The summed E-state index contributed by atoms with van der Waals surface area (Å²) in [5, 5.41) is 10.7. The molecule has 0 amide bonds. The molecule has 0 atom stereocenters. The minimum Gasteiger partial charge on any atom is -0.468 e. The van der Waals surface area contributed by atoms with Gasteiger partial charge in [-0.2, -0.15) is 0 Å². The van der Waals surface area contributed by atoms with Crippen molar-refractivity contribution >= 4 is 39.3 Å². The second kappa shape index (κ2) is 6.61. The van der Waals surface area contributed by atoms with Crippen LogP contribution < -0.4 is 0 Å². The third-order valence-electron chi connectivity index (χ3n) is 1.96. The van der Waals surface area contributed by atoms with Gasteiger partial charge in [-0.3, -0.25) is 14.9 Å². The average Bonchev–Trinajstić information content (AvgIpc) is 2.30. The molecule has 0 aromatic heterocycles. The molecular formula is C10H10BrNO4S. The highest BCUT2D eigenvalue weighted by molar-refractivity contribution is 9.10. The number of hydrogen-bond acceptors (Lipinski definition) is 5. The van der Waals surface area contributed by atoms with Crippen molar-refractivity contribution in [1.82, 2.24) is 0 Å². The van der Waals surface area contributed by atoms with E-state index in [-0.39, 0.29) is 17.4 Å². The van der Waals surface area contributed by atoms with Gasteiger partial charge in [-0.05, 0) is 21.5 Å². The number of ether oxygens (including phenoxy) is 1. The van der Waals surface area contributed by atoms with Gasteiger partial charge in [-0.25, -0.2) is 0 Å². The first-order valence-electron chi connectivity index (χ1n) is 4.62. The minimum absolute atomic E-state index is 0.0289. The van der Waals surface area contributed by atoms with E-state index in [9.17, 15) is 14.9 Å². The topological polar surface area (TPSA) is 69.4 Å². The lowest BCUT2D eigenvalue weighted by atomic mass is 10.2. The standard InChI is InChI=1S/C10H10BrNO4S/c1-16-9(13)6-17-5-7-3-2-4-8(10(7)11)12(14)15/h2-4H,5-6H2,1H3. The SMILES string of the molecule is COC(=O)CSCc1cccc([N+](=O)[O-])c1Br. The molecule has 7 heteroatoms. The third-order valence-corrected chi connectivity index (χ3v) is 3.83. The molecule has 92 valence electrons. The zero-order chi connectivity index (χ0) is 12.8. The van der Waals surface area contributed by atoms with E-state index in [1.807, 2.05) is 0 Å². The molecule has 0 fully saturated rings. The van der Waals surface area contributed by atoms with Crippen molar-refractivity contribution in [3.8, 4) is 0 Å². The maximum absolute atomic E-state index is 10.9. The lowest BCUT2D eigenvalue weighted by Crippen LogP contribution is -2.03. The maximum Gasteiger partial charge on any atom is 0.315 e. The largest absolute Gasteiger partial charge is 0.468 e. The van der Waals surface area contributed by atoms with Crippen LogP contribution in [-0.2, 0) is 15.3 Å². The fourth-order valence-corrected chi connectivity index (χ4v) is 2.70. The molecule has 1 aromatic rings. The molecule has 0 bridgehead atoms. The van der Waals surface area contributed by atoms with E-state index in [1.54, 1.807) is 12.1 Å². The van der Waals surface area contributed by atoms with Crippen LogP contribution in [0, 0.1) is 10.1 Å². The molecule has 0 heterocycles. The van der Waals surface area contributed by atoms with Gasteiger partial charge in [0.15, 0.2) is 0 Å². The van der Waals surface area contributed by atoms with Crippen LogP contribution in [0.5, 0.6) is 0 Å². The summed E-state index contributed by atoms with van der Waals surface area (Å²) in [4.78, 5) is 21.2. The number of esters is 1. The molecule has 0 radical (unpaired) electrons. The van der Waals surface area contributed by atoms with Gasteiger partial charge in [-0.15, -0.1) is 11.8 Å². The van der Waals surface area contributed by atoms with Crippen LogP contribution >= 0.6 is 27.7 Å². The van der Waals surface area contributed by atoms with Crippen molar-refractivity contribution in [1.29, 1.82) is 0 Å². The number of nitro groups is 1. The smallest absolute Gasteiger partial charge is 0.315 e. The van der Waals surface area contributed by atoms with Crippen LogP contribution in [-0.4, -0.2) is 23.8 Å². The summed E-state index contributed by atoms with van der Waals surface area (Å²) < 4.78 is 4.96. The summed E-state index contributed by atoms with van der Waals surface area (Å²) in [6.45, 7) is 0. The maximum atomic E-state index is 10.9. The van der Waals surface area contributed by atoms with Gasteiger partial charge in [0.2, 0.25) is 0 Å². The van der Waals surface area contributed by atoms with E-state index in [0.29, 0.717) is 10.2 Å². The van der Waals surface area contributed by atoms with E-state index in [2.05, 4.69) is 20.7 Å². The Morgan fingerprint density at radius 3 is 2.88 bits per heavy atom. The highest BCUT2D eigenvalue weighted by Crippen LogP contribution is 2.30. The van der Waals surface area contributed by atoms with Crippen molar-refractivity contribution in [2.24, 2.45) is 0 Å². The van der Waals surface area contributed by atoms with Crippen molar-refractivity contribution in [2.45, 2.75) is 5.75 Å². The number of halogens is 1. The highest BCUT2D eigenvalue weighted by atomic mass is 79.9. The molecule has 1 aromatic carbocycles. The van der Waals surface area contributed by atoms with Crippen LogP contribution in [0.4, 0.5) is 5.69 Å². The van der Waals surface area contributed by atoms with E-state index in [1.165, 1.54) is 24.9 Å². The number of methoxy groups -OCH3 is 1. The Hall–Kier alpha value is -1.08. The van der Waals surface area contributed by atoms with Crippen molar-refractivity contribution in [2.75, 3.05) is 12.9 Å². The van der Waals surface area contributed by atoms with Crippen molar-refractivity contribution in [3.63, 3.8) is 0 Å². The van der Waals surface area contributed by atoms with E-state index >= 15 is 0 Å². The number of nitrogens with zero attached hydrogens (tertiary/aromatic N) is 1. The lowest BCUT2D eigenvalue weighted by Gasteiger charge is -2.04. The average molecular weight is 320 g/mol. The zero-order valence-corrected chi connectivity index (χ0v) is 11.4. The Kier molecular flexibility index (Phi) is 5.43. The second-order valence-electron chi connectivity index (χ2n) is 3.08. The lowest BCUT2D eigenvalue weighted by molar-refractivity contribution is -0.385. The first-order valence-corrected chi connectivity index (χ1v) is 6.57. The van der Waals surface area contributed by atoms with Crippen LogP contribution in [0.1, 0.15) is 5.56 Å². The number of hydrogen-bond donors (Lipinski definition) is 0. The normalized spacial score (nSPS) is 10.0. The molecule has 0 aliphatic carbocycles. The predicted molar refractivity (Wildman–Crippen MR) is 69.0 cm³/mol. The summed E-state index contributed by atoms with van der Waals surface area (Å²) in [7, 11) is 1.33. The van der Waals surface area contributed by atoms with Crippen molar-refractivity contribution < 1.29 is 14.5 Å². The molecule has 0 spiro atoms. The minimum atomic E-state index is -0.446. The summed E-state index contributed by atoms with van der Waals surface area (Å²) in [5.74, 6) is 0.430. The van der Waals surface area contributed by atoms with Crippen LogP contribution in [0.25, 0.3) is 0 Å². The first-order chi connectivity index (χ1) is 8.06. The van der Waals surface area contributed by atoms with Gasteiger partial charge in [0.1, 0.15) is 0 Å². The van der Waals surface area contributed by atoms with Gasteiger partial charge >= 0.3 is 5.97 Å². The number of rotatable bonds is 5. The second-order valence-corrected chi connectivity index (χ2v) is 4.85.